The van der Waals surface area contributed by atoms with Crippen molar-refractivity contribution in [2.45, 2.75) is 17.1 Å². The SMILES string of the molecule is Cc1nc(NN)cc(Sc2ncccn2)n1. The normalized spacial score (nSPS) is 10.1. The summed E-state index contributed by atoms with van der Waals surface area (Å²) in [5.41, 5.74) is 2.49. The Labute approximate surface area is 96.7 Å². The molecule has 2 aromatic rings. The topological polar surface area (TPSA) is 89.6 Å². The minimum absolute atomic E-state index is 0.575. The predicted molar refractivity (Wildman–Crippen MR) is 60.7 cm³/mol. The van der Waals surface area contributed by atoms with Crippen LogP contribution < -0.4 is 11.3 Å². The van der Waals surface area contributed by atoms with E-state index in [4.69, 9.17) is 5.84 Å². The highest BCUT2D eigenvalue weighted by Gasteiger charge is 2.04. The van der Waals surface area contributed by atoms with Crippen LogP contribution in [0.1, 0.15) is 5.82 Å². The van der Waals surface area contributed by atoms with Crippen molar-refractivity contribution < 1.29 is 0 Å². The molecule has 2 rings (SSSR count). The summed E-state index contributed by atoms with van der Waals surface area (Å²) in [4.78, 5) is 16.5. The molecule has 0 spiro atoms. The summed E-state index contributed by atoms with van der Waals surface area (Å²) >= 11 is 1.36. The van der Waals surface area contributed by atoms with Crippen molar-refractivity contribution in [3.05, 3.63) is 30.4 Å². The van der Waals surface area contributed by atoms with Crippen molar-refractivity contribution >= 4 is 17.6 Å². The first-order valence-corrected chi connectivity index (χ1v) is 5.37. The van der Waals surface area contributed by atoms with Crippen molar-refractivity contribution in [2.75, 3.05) is 5.43 Å². The molecule has 82 valence electrons. The van der Waals surface area contributed by atoms with E-state index in [0.717, 1.165) is 5.03 Å². The van der Waals surface area contributed by atoms with Crippen molar-refractivity contribution in [3.63, 3.8) is 0 Å². The molecule has 0 aliphatic carbocycles. The Morgan fingerprint density at radius 3 is 2.69 bits per heavy atom. The number of hydrogen-bond donors (Lipinski definition) is 2. The zero-order chi connectivity index (χ0) is 11.4. The number of anilines is 1. The molecule has 0 saturated heterocycles. The molecular formula is C9H10N6S. The van der Waals surface area contributed by atoms with Gasteiger partial charge in [-0.2, -0.15) is 0 Å². The van der Waals surface area contributed by atoms with E-state index in [0.29, 0.717) is 16.8 Å². The fourth-order valence-electron chi connectivity index (χ4n) is 1.10. The third-order valence-electron chi connectivity index (χ3n) is 1.70. The van der Waals surface area contributed by atoms with Gasteiger partial charge in [0.25, 0.3) is 0 Å². The molecule has 0 saturated carbocycles. The Kier molecular flexibility index (Phi) is 3.28. The van der Waals surface area contributed by atoms with E-state index in [-0.39, 0.29) is 0 Å². The summed E-state index contributed by atoms with van der Waals surface area (Å²) in [6.07, 6.45) is 3.37. The van der Waals surface area contributed by atoms with Crippen LogP contribution in [0, 0.1) is 6.92 Å². The summed E-state index contributed by atoms with van der Waals surface area (Å²) in [5.74, 6) is 6.52. The lowest BCUT2D eigenvalue weighted by molar-refractivity contribution is 0.936. The van der Waals surface area contributed by atoms with Gasteiger partial charge in [0.05, 0.1) is 0 Å². The molecule has 16 heavy (non-hydrogen) atoms. The Bertz CT molecular complexity index is 475. The molecule has 0 fully saturated rings. The van der Waals surface area contributed by atoms with Crippen molar-refractivity contribution in [1.82, 2.24) is 19.9 Å². The first-order valence-electron chi connectivity index (χ1n) is 4.55. The van der Waals surface area contributed by atoms with Crippen LogP contribution in [-0.4, -0.2) is 19.9 Å². The van der Waals surface area contributed by atoms with E-state index < -0.39 is 0 Å². The molecule has 0 aromatic carbocycles. The number of nitrogens with one attached hydrogen (secondary N) is 1. The third kappa shape index (κ3) is 2.65. The fraction of sp³-hybridized carbons (Fsp3) is 0.111. The molecule has 7 heteroatoms. The molecule has 0 atom stereocenters. The summed E-state index contributed by atoms with van der Waals surface area (Å²) in [6.45, 7) is 1.80. The summed E-state index contributed by atoms with van der Waals surface area (Å²) < 4.78 is 0. The standard InChI is InChI=1S/C9H10N6S/c1-6-13-7(15-10)5-8(14-6)16-9-11-3-2-4-12-9/h2-5H,10H2,1H3,(H,13,14,15). The molecule has 0 bridgehead atoms. The molecule has 3 N–H and O–H groups in total. The molecule has 2 heterocycles. The van der Waals surface area contributed by atoms with Gasteiger partial charge in [0.1, 0.15) is 16.7 Å². The third-order valence-corrected chi connectivity index (χ3v) is 2.51. The van der Waals surface area contributed by atoms with Gasteiger partial charge in [-0.25, -0.2) is 25.8 Å². The number of nitrogens with two attached hydrogens (primary N) is 1. The molecule has 0 unspecified atom stereocenters. The highest BCUT2D eigenvalue weighted by molar-refractivity contribution is 7.99. The number of nitrogens with zero attached hydrogens (tertiary/aromatic N) is 4. The van der Waals surface area contributed by atoms with Crippen molar-refractivity contribution in [1.29, 1.82) is 0 Å². The van der Waals surface area contributed by atoms with Gasteiger partial charge in [-0.3, -0.25) is 0 Å². The van der Waals surface area contributed by atoms with Crippen LogP contribution in [0.3, 0.4) is 0 Å². The first-order chi connectivity index (χ1) is 7.78. The van der Waals surface area contributed by atoms with Gasteiger partial charge in [-0.1, -0.05) is 0 Å². The van der Waals surface area contributed by atoms with Gasteiger partial charge in [0, 0.05) is 18.5 Å². The second kappa shape index (κ2) is 4.86. The number of nitrogen functional groups attached to an aromatic ring is 1. The largest absolute Gasteiger partial charge is 0.308 e. The number of rotatable bonds is 3. The summed E-state index contributed by atoms with van der Waals surface area (Å²) in [5, 5.41) is 1.40. The molecule has 0 aliphatic heterocycles. The fourth-order valence-corrected chi connectivity index (χ4v) is 1.86. The van der Waals surface area contributed by atoms with Gasteiger partial charge in [-0.05, 0) is 24.8 Å². The molecule has 0 amide bonds. The maximum absolute atomic E-state index is 5.30. The predicted octanol–water partition coefficient (Wildman–Crippen LogP) is 1.01. The first kappa shape index (κ1) is 10.8. The summed E-state index contributed by atoms with van der Waals surface area (Å²) in [6, 6.07) is 3.51. The summed E-state index contributed by atoms with van der Waals surface area (Å²) in [7, 11) is 0. The maximum Gasteiger partial charge on any atom is 0.193 e. The van der Waals surface area contributed by atoms with Gasteiger partial charge in [0.2, 0.25) is 0 Å². The lowest BCUT2D eigenvalue weighted by atomic mass is 10.5. The number of hydrogen-bond acceptors (Lipinski definition) is 7. The molecule has 6 nitrogen and oxygen atoms in total. The van der Waals surface area contributed by atoms with Crippen LogP contribution in [0.5, 0.6) is 0 Å². The van der Waals surface area contributed by atoms with E-state index >= 15 is 0 Å². The van der Waals surface area contributed by atoms with E-state index in [2.05, 4.69) is 25.4 Å². The average Bonchev–Trinajstić information content (AvgIpc) is 2.29. The Morgan fingerprint density at radius 1 is 1.25 bits per heavy atom. The van der Waals surface area contributed by atoms with Crippen molar-refractivity contribution in [2.24, 2.45) is 5.84 Å². The number of aromatic nitrogens is 4. The van der Waals surface area contributed by atoms with Crippen LogP contribution >= 0.6 is 11.8 Å². The number of hydrazine groups is 1. The van der Waals surface area contributed by atoms with Gasteiger partial charge < -0.3 is 5.43 Å². The zero-order valence-electron chi connectivity index (χ0n) is 8.58. The maximum atomic E-state index is 5.30. The monoisotopic (exact) mass is 234 g/mol. The van der Waals surface area contributed by atoms with Crippen LogP contribution in [0.4, 0.5) is 5.82 Å². The Hall–Kier alpha value is -1.73. The van der Waals surface area contributed by atoms with E-state index in [1.54, 1.807) is 31.5 Å². The van der Waals surface area contributed by atoms with Crippen LogP contribution in [0.25, 0.3) is 0 Å². The zero-order valence-corrected chi connectivity index (χ0v) is 9.40. The molecular weight excluding hydrogens is 224 g/mol. The van der Waals surface area contributed by atoms with Gasteiger partial charge >= 0.3 is 0 Å². The minimum Gasteiger partial charge on any atom is -0.308 e. The highest BCUT2D eigenvalue weighted by Crippen LogP contribution is 2.23. The molecule has 0 aliphatic rings. The highest BCUT2D eigenvalue weighted by atomic mass is 32.2. The van der Waals surface area contributed by atoms with Crippen LogP contribution in [-0.2, 0) is 0 Å². The van der Waals surface area contributed by atoms with Crippen LogP contribution in [0.2, 0.25) is 0 Å². The smallest absolute Gasteiger partial charge is 0.193 e. The van der Waals surface area contributed by atoms with Gasteiger partial charge in [-0.15, -0.1) is 0 Å². The van der Waals surface area contributed by atoms with Crippen molar-refractivity contribution in [3.8, 4) is 0 Å². The van der Waals surface area contributed by atoms with E-state index in [9.17, 15) is 0 Å². The van der Waals surface area contributed by atoms with Crippen LogP contribution in [0.15, 0.2) is 34.7 Å². The Balaban J connectivity index is 2.24. The average molecular weight is 234 g/mol. The van der Waals surface area contributed by atoms with E-state index in [1.165, 1.54) is 11.8 Å². The lowest BCUT2D eigenvalue weighted by Crippen LogP contribution is -2.09. The lowest BCUT2D eigenvalue weighted by Gasteiger charge is -2.03. The Morgan fingerprint density at radius 2 is 2.00 bits per heavy atom. The number of aryl methyl sites for hydroxylation is 1. The van der Waals surface area contributed by atoms with E-state index in [1.807, 2.05) is 0 Å². The molecule has 2 aromatic heterocycles. The quantitative estimate of drug-likeness (QED) is 0.354. The minimum atomic E-state index is 0.575. The molecule has 0 radical (unpaired) electrons. The second-order valence-corrected chi connectivity index (χ2v) is 3.90. The van der Waals surface area contributed by atoms with Gasteiger partial charge in [0.15, 0.2) is 5.16 Å². The second-order valence-electron chi connectivity index (χ2n) is 2.92.